The molecule has 90 valence electrons. The molecule has 0 fully saturated rings. The van der Waals surface area contributed by atoms with Crippen molar-refractivity contribution in [3.63, 3.8) is 0 Å². The van der Waals surface area contributed by atoms with Crippen LogP contribution >= 0.6 is 0 Å². The number of benzene rings is 1. The van der Waals surface area contributed by atoms with Crippen molar-refractivity contribution in [2.75, 3.05) is 5.73 Å². The molecule has 1 aromatic heterocycles. The quantitative estimate of drug-likeness (QED) is 0.710. The molecule has 0 bridgehead atoms. The second kappa shape index (κ2) is 4.60. The Hall–Kier alpha value is -1.79. The normalized spacial score (nSPS) is 11.5. The number of aromatic nitrogens is 1. The number of hydrogen-bond acceptors (Lipinski definition) is 3. The van der Waals surface area contributed by atoms with Crippen molar-refractivity contribution >= 4 is 15.7 Å². The molecule has 2 aromatic rings. The zero-order valence-electron chi connectivity index (χ0n) is 9.05. The predicted octanol–water partition coefficient (Wildman–Crippen LogP) is 1.08. The highest BCUT2D eigenvalue weighted by Gasteiger charge is 2.13. The molecule has 6 heteroatoms. The molecule has 0 unspecified atom stereocenters. The van der Waals surface area contributed by atoms with Gasteiger partial charge in [0.25, 0.3) is 0 Å². The maximum atomic E-state index is 11.8. The summed E-state index contributed by atoms with van der Waals surface area (Å²) in [5, 5.41) is 0. The van der Waals surface area contributed by atoms with E-state index in [-0.39, 0.29) is 11.4 Å². The summed E-state index contributed by atoms with van der Waals surface area (Å²) < 4.78 is 26.1. The lowest BCUT2D eigenvalue weighted by atomic mass is 10.2. The number of sulfonamides is 1. The number of nitrogen functional groups attached to an aromatic ring is 1. The van der Waals surface area contributed by atoms with Gasteiger partial charge in [-0.05, 0) is 23.8 Å². The smallest absolute Gasteiger partial charge is 0.242 e. The first kappa shape index (κ1) is 11.7. The topological polar surface area (TPSA) is 88.0 Å². The van der Waals surface area contributed by atoms with Gasteiger partial charge < -0.3 is 10.7 Å². The molecular weight excluding hydrogens is 238 g/mol. The van der Waals surface area contributed by atoms with E-state index < -0.39 is 10.0 Å². The summed E-state index contributed by atoms with van der Waals surface area (Å²) >= 11 is 0. The van der Waals surface area contributed by atoms with E-state index in [1.54, 1.807) is 30.5 Å². The number of nitrogens with two attached hydrogens (primary N) is 1. The molecule has 1 heterocycles. The fourth-order valence-corrected chi connectivity index (χ4v) is 2.37. The Bertz CT molecular complexity index is 574. The Morgan fingerprint density at radius 2 is 1.88 bits per heavy atom. The number of rotatable bonds is 4. The van der Waals surface area contributed by atoms with Gasteiger partial charge in [-0.15, -0.1) is 0 Å². The van der Waals surface area contributed by atoms with Crippen molar-refractivity contribution in [1.82, 2.24) is 9.71 Å². The Morgan fingerprint density at radius 1 is 1.18 bits per heavy atom. The lowest BCUT2D eigenvalue weighted by molar-refractivity contribution is 0.581. The molecule has 4 N–H and O–H groups in total. The van der Waals surface area contributed by atoms with E-state index >= 15 is 0 Å². The minimum absolute atomic E-state index is 0.230. The zero-order valence-corrected chi connectivity index (χ0v) is 9.87. The molecular formula is C11H13N3O2S. The Morgan fingerprint density at radius 3 is 2.47 bits per heavy atom. The monoisotopic (exact) mass is 251 g/mol. The second-order valence-corrected chi connectivity index (χ2v) is 5.38. The number of anilines is 1. The first-order valence-electron chi connectivity index (χ1n) is 5.05. The standard InChI is InChI=1S/C11H13N3O2S/c12-10-3-1-9(2-4-10)7-14-17(15,16)11-5-6-13-8-11/h1-6,8,13-14H,7,12H2. The molecule has 17 heavy (non-hydrogen) atoms. The van der Waals surface area contributed by atoms with Gasteiger partial charge in [-0.1, -0.05) is 12.1 Å². The van der Waals surface area contributed by atoms with Crippen LogP contribution in [0.4, 0.5) is 5.69 Å². The van der Waals surface area contributed by atoms with E-state index in [0.29, 0.717) is 5.69 Å². The molecule has 0 amide bonds. The summed E-state index contributed by atoms with van der Waals surface area (Å²) in [5.41, 5.74) is 7.06. The number of aromatic amines is 1. The van der Waals surface area contributed by atoms with Crippen molar-refractivity contribution in [2.24, 2.45) is 0 Å². The Balaban J connectivity index is 2.06. The van der Waals surface area contributed by atoms with Crippen LogP contribution in [-0.4, -0.2) is 13.4 Å². The van der Waals surface area contributed by atoms with Gasteiger partial charge in [0.2, 0.25) is 10.0 Å². The largest absolute Gasteiger partial charge is 0.399 e. The first-order chi connectivity index (χ1) is 8.08. The SMILES string of the molecule is Nc1ccc(CNS(=O)(=O)c2cc[nH]c2)cc1. The van der Waals surface area contributed by atoms with Crippen LogP contribution in [0.25, 0.3) is 0 Å². The van der Waals surface area contributed by atoms with Crippen molar-refractivity contribution < 1.29 is 8.42 Å². The molecule has 0 atom stereocenters. The summed E-state index contributed by atoms with van der Waals surface area (Å²) in [7, 11) is -3.44. The third-order valence-corrected chi connectivity index (χ3v) is 3.72. The van der Waals surface area contributed by atoms with Gasteiger partial charge in [0.1, 0.15) is 0 Å². The molecule has 0 saturated carbocycles. The lowest BCUT2D eigenvalue weighted by Gasteiger charge is -2.05. The van der Waals surface area contributed by atoms with Crippen LogP contribution in [-0.2, 0) is 16.6 Å². The van der Waals surface area contributed by atoms with Gasteiger partial charge in [0, 0.05) is 24.6 Å². The van der Waals surface area contributed by atoms with Crippen LogP contribution in [0, 0.1) is 0 Å². The van der Waals surface area contributed by atoms with Crippen LogP contribution in [0.5, 0.6) is 0 Å². The summed E-state index contributed by atoms with van der Waals surface area (Å²) in [4.78, 5) is 2.94. The summed E-state index contributed by atoms with van der Waals surface area (Å²) in [6.45, 7) is 0.244. The minimum Gasteiger partial charge on any atom is -0.399 e. The Labute approximate surface area is 99.7 Å². The molecule has 2 rings (SSSR count). The third kappa shape index (κ3) is 2.86. The summed E-state index contributed by atoms with van der Waals surface area (Å²) in [6, 6.07) is 8.55. The second-order valence-electron chi connectivity index (χ2n) is 3.61. The van der Waals surface area contributed by atoms with Crippen molar-refractivity contribution in [2.45, 2.75) is 11.4 Å². The van der Waals surface area contributed by atoms with E-state index in [9.17, 15) is 8.42 Å². The molecule has 0 radical (unpaired) electrons. The third-order valence-electron chi connectivity index (χ3n) is 2.33. The highest BCUT2D eigenvalue weighted by Crippen LogP contribution is 2.09. The molecule has 0 aliphatic carbocycles. The summed E-state index contributed by atoms with van der Waals surface area (Å²) in [6.07, 6.45) is 3.00. The number of hydrogen-bond donors (Lipinski definition) is 3. The average Bonchev–Trinajstić information content (AvgIpc) is 2.82. The minimum atomic E-state index is -3.44. The van der Waals surface area contributed by atoms with Gasteiger partial charge in [-0.2, -0.15) is 0 Å². The van der Waals surface area contributed by atoms with Crippen LogP contribution in [0.3, 0.4) is 0 Å². The summed E-state index contributed by atoms with van der Waals surface area (Å²) in [5.74, 6) is 0. The molecule has 0 aliphatic rings. The van der Waals surface area contributed by atoms with Gasteiger partial charge >= 0.3 is 0 Å². The van der Waals surface area contributed by atoms with Crippen molar-refractivity contribution in [3.8, 4) is 0 Å². The molecule has 5 nitrogen and oxygen atoms in total. The molecule has 0 saturated heterocycles. The van der Waals surface area contributed by atoms with Crippen molar-refractivity contribution in [1.29, 1.82) is 0 Å². The van der Waals surface area contributed by atoms with Crippen molar-refractivity contribution in [3.05, 3.63) is 48.3 Å². The van der Waals surface area contributed by atoms with Gasteiger partial charge in [0.05, 0.1) is 4.90 Å². The van der Waals surface area contributed by atoms with E-state index in [1.165, 1.54) is 12.3 Å². The van der Waals surface area contributed by atoms with Crippen LogP contribution < -0.4 is 10.5 Å². The molecule has 0 spiro atoms. The van der Waals surface area contributed by atoms with E-state index in [0.717, 1.165) is 5.56 Å². The maximum Gasteiger partial charge on any atom is 0.242 e. The van der Waals surface area contributed by atoms with Gasteiger partial charge in [-0.3, -0.25) is 0 Å². The lowest BCUT2D eigenvalue weighted by Crippen LogP contribution is -2.22. The highest BCUT2D eigenvalue weighted by atomic mass is 32.2. The van der Waals surface area contributed by atoms with E-state index in [2.05, 4.69) is 9.71 Å². The van der Waals surface area contributed by atoms with Gasteiger partial charge in [0.15, 0.2) is 0 Å². The highest BCUT2D eigenvalue weighted by molar-refractivity contribution is 7.89. The molecule has 1 aromatic carbocycles. The fourth-order valence-electron chi connectivity index (χ4n) is 1.37. The predicted molar refractivity (Wildman–Crippen MR) is 65.7 cm³/mol. The fraction of sp³-hybridized carbons (Fsp3) is 0.0909. The van der Waals surface area contributed by atoms with E-state index in [1.807, 2.05) is 0 Å². The Kier molecular flexibility index (Phi) is 3.16. The van der Waals surface area contributed by atoms with Gasteiger partial charge in [-0.25, -0.2) is 13.1 Å². The van der Waals surface area contributed by atoms with Crippen LogP contribution in [0.2, 0.25) is 0 Å². The zero-order chi connectivity index (χ0) is 12.3. The first-order valence-corrected chi connectivity index (χ1v) is 6.53. The van der Waals surface area contributed by atoms with Crippen LogP contribution in [0.15, 0.2) is 47.6 Å². The average molecular weight is 251 g/mol. The number of H-pyrrole nitrogens is 1. The van der Waals surface area contributed by atoms with E-state index in [4.69, 9.17) is 5.73 Å². The maximum absolute atomic E-state index is 11.8. The van der Waals surface area contributed by atoms with Crippen LogP contribution in [0.1, 0.15) is 5.56 Å². The molecule has 0 aliphatic heterocycles. The number of nitrogens with one attached hydrogen (secondary N) is 2.